The van der Waals surface area contributed by atoms with E-state index in [9.17, 15) is 50.6 Å². The van der Waals surface area contributed by atoms with Crippen LogP contribution in [0, 0.1) is 29.1 Å². The summed E-state index contributed by atoms with van der Waals surface area (Å²) in [6.07, 6.45) is -9.10. The van der Waals surface area contributed by atoms with Crippen LogP contribution in [0.25, 0.3) is 0 Å². The third kappa shape index (κ3) is 5.06. The zero-order chi connectivity index (χ0) is 37.7. The number of amides is 4. The number of imide groups is 2. The molecule has 52 heavy (non-hydrogen) atoms. The summed E-state index contributed by atoms with van der Waals surface area (Å²) in [7, 11) is 2.64. The Morgan fingerprint density at radius 2 is 1.33 bits per heavy atom. The monoisotopic (exact) mass is 728 g/mol. The van der Waals surface area contributed by atoms with Crippen LogP contribution < -0.4 is 19.3 Å². The van der Waals surface area contributed by atoms with Crippen LogP contribution in [0.4, 0.5) is 37.7 Å². The molecule has 0 unspecified atom stereocenters. The number of halogens is 6. The molecule has 0 aromatic heterocycles. The van der Waals surface area contributed by atoms with E-state index in [4.69, 9.17) is 9.47 Å². The van der Waals surface area contributed by atoms with Gasteiger partial charge in [-0.1, -0.05) is 29.8 Å². The maximum absolute atomic E-state index is 14.6. The van der Waals surface area contributed by atoms with Crippen LogP contribution in [-0.4, -0.2) is 43.0 Å². The smallest absolute Gasteiger partial charge is 0.416 e. The van der Waals surface area contributed by atoms with Gasteiger partial charge >= 0.3 is 12.4 Å². The van der Waals surface area contributed by atoms with Crippen molar-refractivity contribution < 1.29 is 60.1 Å². The summed E-state index contributed by atoms with van der Waals surface area (Å²) in [4.78, 5) is 58.7. The first kappa shape index (κ1) is 35.1. The van der Waals surface area contributed by atoms with E-state index in [0.29, 0.717) is 22.6 Å². The largest absolute Gasteiger partial charge is 0.508 e. The molecule has 1 N–H and O–H groups in total. The second-order valence-electron chi connectivity index (χ2n) is 13.5. The highest BCUT2D eigenvalue weighted by Crippen LogP contribution is 2.66. The molecule has 2 heterocycles. The molecule has 0 radical (unpaired) electrons. The standard InChI is InChI=1S/C37H30F6N2O7/c1-35-25(32(48)45(34(35)50)19-7-5-4-6-8-19)16-24-22(30(35)29-26(51-2)14-21(46)15-27(29)52-3)9-10-23-28(24)33(49)44(31(23)47)20-12-17(36(38,39)40)11-18(13-20)37(41,42)43/h4-9,11-15,23-25,28,30,46H,10,16H2,1-3H3/t23-,24+,25-,28-,30+,35+/m0/s1. The maximum Gasteiger partial charge on any atom is 0.416 e. The van der Waals surface area contributed by atoms with Crippen LogP contribution in [0.1, 0.15) is 42.4 Å². The summed E-state index contributed by atoms with van der Waals surface area (Å²) in [6.45, 7) is 1.61. The lowest BCUT2D eigenvalue weighted by molar-refractivity contribution is -0.143. The highest BCUT2D eigenvalue weighted by molar-refractivity contribution is 6.25. The molecule has 3 aromatic carbocycles. The highest BCUT2D eigenvalue weighted by atomic mass is 19.4. The van der Waals surface area contributed by atoms with Gasteiger partial charge in [-0.05, 0) is 56.0 Å². The summed E-state index contributed by atoms with van der Waals surface area (Å²) >= 11 is 0. The summed E-state index contributed by atoms with van der Waals surface area (Å²) in [6, 6.07) is 11.3. The van der Waals surface area contributed by atoms with E-state index < -0.39 is 87.8 Å². The summed E-state index contributed by atoms with van der Waals surface area (Å²) in [5.74, 6) is -8.87. The van der Waals surface area contributed by atoms with Gasteiger partial charge in [0.15, 0.2) is 0 Å². The van der Waals surface area contributed by atoms with Gasteiger partial charge in [-0.2, -0.15) is 26.3 Å². The van der Waals surface area contributed by atoms with Gasteiger partial charge < -0.3 is 14.6 Å². The zero-order valence-corrected chi connectivity index (χ0v) is 27.7. The first-order valence-corrected chi connectivity index (χ1v) is 16.2. The van der Waals surface area contributed by atoms with Crippen molar-refractivity contribution in [2.24, 2.45) is 29.1 Å². The predicted octanol–water partition coefficient (Wildman–Crippen LogP) is 6.88. The van der Waals surface area contributed by atoms with Gasteiger partial charge in [-0.15, -0.1) is 0 Å². The topological polar surface area (TPSA) is 113 Å². The number of carbonyl (C=O) groups excluding carboxylic acids is 4. The van der Waals surface area contributed by atoms with Crippen LogP contribution in [-0.2, 0) is 31.5 Å². The molecule has 0 spiro atoms. The minimum Gasteiger partial charge on any atom is -0.508 e. The number of allylic oxidation sites excluding steroid dienone is 2. The molecule has 3 fully saturated rings. The lowest BCUT2D eigenvalue weighted by Crippen LogP contribution is -2.49. The molecule has 2 aliphatic carbocycles. The van der Waals surface area contributed by atoms with Crippen LogP contribution >= 0.6 is 0 Å². The van der Waals surface area contributed by atoms with Crippen molar-refractivity contribution in [1.29, 1.82) is 0 Å². The normalized spacial score (nSPS) is 27.3. The molecule has 3 aromatic rings. The number of hydrogen-bond acceptors (Lipinski definition) is 7. The second kappa shape index (κ2) is 11.9. The van der Waals surface area contributed by atoms with Crippen molar-refractivity contribution in [3.63, 3.8) is 0 Å². The Bertz CT molecular complexity index is 2010. The number of methoxy groups -OCH3 is 2. The van der Waals surface area contributed by atoms with Crippen LogP contribution in [0.3, 0.4) is 0 Å². The molecule has 9 nitrogen and oxygen atoms in total. The van der Waals surface area contributed by atoms with Crippen LogP contribution in [0.15, 0.2) is 72.3 Å². The summed E-state index contributed by atoms with van der Waals surface area (Å²) in [5.41, 5.74) is -4.81. The summed E-state index contributed by atoms with van der Waals surface area (Å²) < 4.78 is 94.2. The Balaban J connectivity index is 1.40. The molecule has 2 saturated heterocycles. The SMILES string of the molecule is COc1cc(O)cc(OC)c1[C@H]1C2=CC[C@@H]3C(=O)N(c4cc(C(F)(F)F)cc(C(F)(F)F)c4)C(=O)[C@@H]3[C@@H]2C[C@H]2C(=O)N(c3ccccc3)C(=O)[C@@]12C. The number of aromatic hydroxyl groups is 1. The van der Waals surface area contributed by atoms with Gasteiger partial charge in [0.25, 0.3) is 0 Å². The van der Waals surface area contributed by atoms with Gasteiger partial charge in [-0.25, -0.2) is 9.80 Å². The van der Waals surface area contributed by atoms with E-state index in [1.54, 1.807) is 43.3 Å². The van der Waals surface area contributed by atoms with Gasteiger partial charge in [0.2, 0.25) is 23.6 Å². The Labute approximate surface area is 292 Å². The number of fused-ring (bicyclic) bond motifs is 4. The number of ether oxygens (including phenoxy) is 2. The van der Waals surface area contributed by atoms with Crippen molar-refractivity contribution in [1.82, 2.24) is 0 Å². The second-order valence-corrected chi connectivity index (χ2v) is 13.5. The van der Waals surface area contributed by atoms with Gasteiger partial charge in [0, 0.05) is 23.6 Å². The number of carbonyl (C=O) groups is 4. The Morgan fingerprint density at radius 1 is 0.750 bits per heavy atom. The number of para-hydroxylation sites is 1. The number of hydrogen-bond donors (Lipinski definition) is 1. The fourth-order valence-electron chi connectivity index (χ4n) is 8.68. The molecule has 0 bridgehead atoms. The molecule has 7 rings (SSSR count). The molecular weight excluding hydrogens is 698 g/mol. The number of alkyl halides is 6. The first-order valence-electron chi connectivity index (χ1n) is 16.2. The van der Waals surface area contributed by atoms with E-state index >= 15 is 0 Å². The highest BCUT2D eigenvalue weighted by Gasteiger charge is 2.68. The molecule has 1 saturated carbocycles. The fraction of sp³-hybridized carbons (Fsp3) is 0.351. The van der Waals surface area contributed by atoms with E-state index in [2.05, 4.69) is 0 Å². The van der Waals surface area contributed by atoms with Crippen molar-refractivity contribution in [2.45, 2.75) is 38.0 Å². The van der Waals surface area contributed by atoms with Crippen molar-refractivity contribution in [2.75, 3.05) is 24.0 Å². The first-order chi connectivity index (χ1) is 24.4. The van der Waals surface area contributed by atoms with Crippen LogP contribution in [0.2, 0.25) is 0 Å². The predicted molar refractivity (Wildman–Crippen MR) is 171 cm³/mol. The van der Waals surface area contributed by atoms with Crippen LogP contribution in [0.5, 0.6) is 17.2 Å². The lowest BCUT2D eigenvalue weighted by atomic mass is 9.51. The van der Waals surface area contributed by atoms with E-state index in [1.165, 1.54) is 26.4 Å². The third-order valence-electron chi connectivity index (χ3n) is 10.9. The Kier molecular flexibility index (Phi) is 8.00. The lowest BCUT2D eigenvalue weighted by Gasteiger charge is -2.49. The molecule has 4 aliphatic rings. The molecule has 2 aliphatic heterocycles. The molecule has 4 amide bonds. The van der Waals surface area contributed by atoms with E-state index in [1.807, 2.05) is 0 Å². The quantitative estimate of drug-likeness (QED) is 0.173. The molecule has 6 atom stereocenters. The zero-order valence-electron chi connectivity index (χ0n) is 27.7. The molecule has 15 heteroatoms. The number of phenolic OH excluding ortho intramolecular Hbond substituents is 1. The Hall–Kier alpha value is -5.34. The van der Waals surface area contributed by atoms with Crippen molar-refractivity contribution in [3.05, 3.63) is 89.0 Å². The van der Waals surface area contributed by atoms with E-state index in [-0.39, 0.29) is 47.4 Å². The van der Waals surface area contributed by atoms with Gasteiger partial charge in [0.05, 0.1) is 59.9 Å². The minimum absolute atomic E-state index is 0.0861. The van der Waals surface area contributed by atoms with Crippen molar-refractivity contribution >= 4 is 35.0 Å². The molecule has 272 valence electrons. The summed E-state index contributed by atoms with van der Waals surface area (Å²) in [5, 5.41) is 10.5. The maximum atomic E-state index is 14.6. The number of benzene rings is 3. The fourth-order valence-corrected chi connectivity index (χ4v) is 8.68. The van der Waals surface area contributed by atoms with Gasteiger partial charge in [0.1, 0.15) is 17.2 Å². The number of nitrogens with zero attached hydrogens (tertiary/aromatic N) is 2. The Morgan fingerprint density at radius 3 is 1.87 bits per heavy atom. The third-order valence-corrected chi connectivity index (χ3v) is 10.9. The number of phenols is 1. The van der Waals surface area contributed by atoms with Crippen molar-refractivity contribution in [3.8, 4) is 17.2 Å². The number of anilines is 2. The minimum atomic E-state index is -5.23. The average molecular weight is 729 g/mol. The van der Waals surface area contributed by atoms with Gasteiger partial charge in [-0.3, -0.25) is 19.2 Å². The number of rotatable bonds is 5. The average Bonchev–Trinajstić information content (AvgIpc) is 3.46. The molecular formula is C37H30F6N2O7. The van der Waals surface area contributed by atoms with E-state index in [0.717, 1.165) is 4.90 Å².